The van der Waals surface area contributed by atoms with E-state index in [4.69, 9.17) is 21.1 Å². The molecule has 1 aliphatic heterocycles. The predicted molar refractivity (Wildman–Crippen MR) is 172 cm³/mol. The molecule has 0 unspecified atom stereocenters. The van der Waals surface area contributed by atoms with Crippen LogP contribution in [0.5, 0.6) is 5.75 Å². The molecule has 0 saturated carbocycles. The molecule has 5 rings (SSSR count). The summed E-state index contributed by atoms with van der Waals surface area (Å²) in [5.74, 6) is -0.564. The van der Waals surface area contributed by atoms with Gasteiger partial charge in [-0.25, -0.2) is 4.68 Å². The quantitative estimate of drug-likeness (QED) is 0.237. The van der Waals surface area contributed by atoms with Crippen molar-refractivity contribution < 1.29 is 32.2 Å². The third kappa shape index (κ3) is 8.03. The van der Waals surface area contributed by atoms with Crippen molar-refractivity contribution in [3.05, 3.63) is 87.6 Å². The molecular formula is C32H33ClF3N7O5. The van der Waals surface area contributed by atoms with E-state index in [1.165, 1.54) is 42.1 Å². The average molecular weight is 688 g/mol. The summed E-state index contributed by atoms with van der Waals surface area (Å²) in [4.78, 5) is 41.7. The number of carbonyl (C=O) groups is 2. The molecule has 0 spiro atoms. The molecule has 0 radical (unpaired) electrons. The van der Waals surface area contributed by atoms with Crippen molar-refractivity contribution in [2.75, 3.05) is 51.8 Å². The molecule has 2 aromatic heterocycles. The van der Waals surface area contributed by atoms with Gasteiger partial charge >= 0.3 is 6.18 Å². The highest BCUT2D eigenvalue weighted by atomic mass is 35.5. The lowest BCUT2D eigenvalue weighted by atomic mass is 10.0. The number of benzene rings is 2. The summed E-state index contributed by atoms with van der Waals surface area (Å²) >= 11 is 6.24. The van der Waals surface area contributed by atoms with Gasteiger partial charge in [0.2, 0.25) is 5.91 Å². The van der Waals surface area contributed by atoms with Crippen LogP contribution in [0.3, 0.4) is 0 Å². The first-order chi connectivity index (χ1) is 23.0. The summed E-state index contributed by atoms with van der Waals surface area (Å²) in [6.07, 6.45) is -2.38. The number of ether oxygens (including phenoxy) is 2. The van der Waals surface area contributed by atoms with Crippen molar-refractivity contribution in [3.8, 4) is 22.6 Å². The van der Waals surface area contributed by atoms with Gasteiger partial charge in [0, 0.05) is 59.6 Å². The van der Waals surface area contributed by atoms with Crippen LogP contribution >= 0.6 is 11.6 Å². The summed E-state index contributed by atoms with van der Waals surface area (Å²) in [5.41, 5.74) is -0.275. The Morgan fingerprint density at radius 1 is 1.06 bits per heavy atom. The fraction of sp³-hybridized carbons (Fsp3) is 0.344. The van der Waals surface area contributed by atoms with E-state index < -0.39 is 29.4 Å². The zero-order valence-corrected chi connectivity index (χ0v) is 26.8. The van der Waals surface area contributed by atoms with E-state index in [1.807, 2.05) is 0 Å². The smallest absolute Gasteiger partial charge is 0.436 e. The summed E-state index contributed by atoms with van der Waals surface area (Å²) in [6.45, 7) is 5.96. The minimum Gasteiger partial charge on any atom is -0.495 e. The SMILES string of the molecule is CC[C@@H](C(=O)Nc1ccc(C(=O)NCCN2CCOCC2)cc1)n1cc(OC)c(-c2cc(Cl)ccc2-n2cc(C(F)(F)F)nn2)cc1=O. The van der Waals surface area contributed by atoms with E-state index in [9.17, 15) is 27.6 Å². The second kappa shape index (κ2) is 15.0. The lowest BCUT2D eigenvalue weighted by molar-refractivity contribution is -0.141. The maximum Gasteiger partial charge on any atom is 0.436 e. The zero-order chi connectivity index (χ0) is 34.4. The molecule has 1 fully saturated rings. The normalized spacial score (nSPS) is 14.4. The van der Waals surface area contributed by atoms with Gasteiger partial charge in [-0.2, -0.15) is 13.2 Å². The maximum absolute atomic E-state index is 13.5. The largest absolute Gasteiger partial charge is 0.495 e. The Morgan fingerprint density at radius 3 is 2.44 bits per heavy atom. The number of pyridine rings is 1. The molecule has 48 heavy (non-hydrogen) atoms. The second-order valence-corrected chi connectivity index (χ2v) is 11.3. The average Bonchev–Trinajstić information content (AvgIpc) is 3.58. The van der Waals surface area contributed by atoms with Crippen LogP contribution in [0.15, 0.2) is 65.7 Å². The third-order valence-electron chi connectivity index (χ3n) is 7.80. The van der Waals surface area contributed by atoms with E-state index in [2.05, 4.69) is 25.8 Å². The van der Waals surface area contributed by atoms with E-state index in [-0.39, 0.29) is 39.9 Å². The maximum atomic E-state index is 13.5. The number of hydrogen-bond donors (Lipinski definition) is 2. The van der Waals surface area contributed by atoms with Crippen molar-refractivity contribution in [2.24, 2.45) is 0 Å². The molecule has 4 aromatic rings. The number of nitrogens with one attached hydrogen (secondary N) is 2. The molecule has 2 N–H and O–H groups in total. The molecule has 2 aromatic carbocycles. The Kier molecular flexibility index (Phi) is 10.8. The zero-order valence-electron chi connectivity index (χ0n) is 26.1. The van der Waals surface area contributed by atoms with Crippen molar-refractivity contribution in [3.63, 3.8) is 0 Å². The summed E-state index contributed by atoms with van der Waals surface area (Å²) in [7, 11) is 1.36. The Balaban J connectivity index is 1.33. The molecule has 1 atom stereocenters. The number of alkyl halides is 3. The van der Waals surface area contributed by atoms with E-state index in [0.29, 0.717) is 31.0 Å². The third-order valence-corrected chi connectivity index (χ3v) is 8.04. The van der Waals surface area contributed by atoms with Gasteiger partial charge in [0.1, 0.15) is 11.8 Å². The Bertz CT molecular complexity index is 1820. The van der Waals surface area contributed by atoms with Crippen LogP contribution in [-0.4, -0.2) is 82.8 Å². The van der Waals surface area contributed by atoms with E-state index in [1.54, 1.807) is 31.2 Å². The highest BCUT2D eigenvalue weighted by molar-refractivity contribution is 6.31. The number of aromatic nitrogens is 4. The molecular weight excluding hydrogens is 655 g/mol. The number of carbonyl (C=O) groups excluding carboxylic acids is 2. The number of amides is 2. The topological polar surface area (TPSA) is 133 Å². The monoisotopic (exact) mass is 687 g/mol. The number of hydrogen-bond acceptors (Lipinski definition) is 8. The minimum atomic E-state index is -4.71. The minimum absolute atomic E-state index is 0.157. The number of anilines is 1. The molecule has 1 aliphatic rings. The van der Waals surface area contributed by atoms with Crippen LogP contribution in [0.4, 0.5) is 18.9 Å². The molecule has 3 heterocycles. The van der Waals surface area contributed by atoms with Crippen LogP contribution in [0, 0.1) is 0 Å². The fourth-order valence-electron chi connectivity index (χ4n) is 5.27. The first kappa shape index (κ1) is 34.6. The molecule has 0 aliphatic carbocycles. The Morgan fingerprint density at radius 2 is 1.79 bits per heavy atom. The molecule has 12 nitrogen and oxygen atoms in total. The van der Waals surface area contributed by atoms with Gasteiger partial charge in [-0.1, -0.05) is 23.7 Å². The highest BCUT2D eigenvalue weighted by Crippen LogP contribution is 2.36. The van der Waals surface area contributed by atoms with Crippen molar-refractivity contribution in [1.29, 1.82) is 0 Å². The highest BCUT2D eigenvalue weighted by Gasteiger charge is 2.35. The molecule has 0 bridgehead atoms. The Hall–Kier alpha value is -4.73. The Labute approximate surface area is 278 Å². The first-order valence-electron chi connectivity index (χ1n) is 15.1. The van der Waals surface area contributed by atoms with Gasteiger partial charge in [0.05, 0.1) is 38.4 Å². The number of halogens is 4. The van der Waals surface area contributed by atoms with Crippen LogP contribution in [0.25, 0.3) is 16.8 Å². The standard InChI is InChI=1S/C32H33ClF3N7O5/c1-3-25(31(46)38-22-7-4-20(5-8-22)30(45)37-10-11-41-12-14-48-15-13-41)42-18-27(47-2)24(17-29(42)44)23-16-21(33)6-9-26(23)43-19-28(39-40-43)32(34,35)36/h4-9,16-19,25H,3,10-15H2,1-2H3,(H,37,45)(H,38,46)/t25-/m0/s1. The molecule has 16 heteroatoms. The number of methoxy groups -OCH3 is 1. The number of nitrogens with zero attached hydrogens (tertiary/aromatic N) is 5. The van der Waals surface area contributed by atoms with E-state index >= 15 is 0 Å². The van der Waals surface area contributed by atoms with E-state index in [0.717, 1.165) is 30.5 Å². The van der Waals surface area contributed by atoms with Gasteiger partial charge in [0.25, 0.3) is 11.5 Å². The van der Waals surface area contributed by atoms with Crippen LogP contribution in [0.1, 0.15) is 35.4 Å². The van der Waals surface area contributed by atoms with Gasteiger partial charge in [-0.3, -0.25) is 23.9 Å². The predicted octanol–water partition coefficient (Wildman–Crippen LogP) is 4.43. The summed E-state index contributed by atoms with van der Waals surface area (Å²) < 4.78 is 52.7. The lowest BCUT2D eigenvalue weighted by Crippen LogP contribution is -2.41. The molecule has 254 valence electrons. The van der Waals surface area contributed by atoms with Crippen LogP contribution in [-0.2, 0) is 15.7 Å². The van der Waals surface area contributed by atoms with Gasteiger partial charge < -0.3 is 20.1 Å². The first-order valence-corrected chi connectivity index (χ1v) is 15.5. The molecule has 2 amide bonds. The number of morpholine rings is 1. The lowest BCUT2D eigenvalue weighted by Gasteiger charge is -2.26. The van der Waals surface area contributed by atoms with Gasteiger partial charge in [0.15, 0.2) is 5.69 Å². The molecule has 1 saturated heterocycles. The van der Waals surface area contributed by atoms with Crippen molar-refractivity contribution >= 4 is 29.1 Å². The van der Waals surface area contributed by atoms with Crippen molar-refractivity contribution in [1.82, 2.24) is 29.8 Å². The fourth-order valence-corrected chi connectivity index (χ4v) is 5.45. The summed E-state index contributed by atoms with van der Waals surface area (Å²) in [6, 6.07) is 11.0. The summed E-state index contributed by atoms with van der Waals surface area (Å²) in [5, 5.41) is 12.8. The van der Waals surface area contributed by atoms with Crippen LogP contribution < -0.4 is 20.9 Å². The van der Waals surface area contributed by atoms with Gasteiger partial charge in [-0.15, -0.1) is 5.10 Å². The number of rotatable bonds is 11. The second-order valence-electron chi connectivity index (χ2n) is 10.9. The van der Waals surface area contributed by atoms with Crippen LogP contribution in [0.2, 0.25) is 5.02 Å². The van der Waals surface area contributed by atoms with Gasteiger partial charge in [-0.05, 0) is 48.9 Å². The van der Waals surface area contributed by atoms with Crippen molar-refractivity contribution in [2.45, 2.75) is 25.6 Å².